The van der Waals surface area contributed by atoms with Crippen LogP contribution in [-0.4, -0.2) is 56.8 Å². The Morgan fingerprint density at radius 3 is 2.57 bits per heavy atom. The molecule has 1 unspecified atom stereocenters. The van der Waals surface area contributed by atoms with Crippen LogP contribution < -0.4 is 10.0 Å². The smallest absolute Gasteiger partial charge is 0.334 e. The third kappa shape index (κ3) is 4.03. The number of hydrogen-bond acceptors (Lipinski definition) is 5. The molecule has 3 N–H and O–H groups in total. The minimum atomic E-state index is -3.65. The molecule has 0 aliphatic carbocycles. The number of aryl methyl sites for hydroxylation is 1. The summed E-state index contributed by atoms with van der Waals surface area (Å²) in [7, 11) is 0.332. The molecule has 1 aromatic heterocycles. The van der Waals surface area contributed by atoms with Gasteiger partial charge >= 0.3 is 5.97 Å². The van der Waals surface area contributed by atoms with E-state index >= 15 is 0 Å². The van der Waals surface area contributed by atoms with E-state index in [-0.39, 0.29) is 17.1 Å². The number of sulfonamides is 1. The largest absolute Gasteiger partial charge is 0.479 e. The van der Waals surface area contributed by atoms with E-state index in [9.17, 15) is 18.0 Å². The summed E-state index contributed by atoms with van der Waals surface area (Å²) in [6, 6.07) is 1.20. The number of nitrogens with one attached hydrogen (secondary N) is 2. The zero-order valence-electron chi connectivity index (χ0n) is 11.8. The van der Waals surface area contributed by atoms with Crippen molar-refractivity contribution >= 4 is 21.9 Å². The zero-order valence-corrected chi connectivity index (χ0v) is 12.6. The molecule has 1 amide bonds. The van der Waals surface area contributed by atoms with Gasteiger partial charge in [-0.2, -0.15) is 0 Å². The van der Waals surface area contributed by atoms with Gasteiger partial charge in [0, 0.05) is 20.4 Å². The molecule has 0 radical (unpaired) electrons. The normalized spacial score (nSPS) is 12.9. The van der Waals surface area contributed by atoms with Crippen LogP contribution in [0, 0.1) is 0 Å². The van der Waals surface area contributed by atoms with E-state index in [0.29, 0.717) is 0 Å². The van der Waals surface area contributed by atoms with Crippen molar-refractivity contribution in [3.63, 3.8) is 0 Å². The minimum absolute atomic E-state index is 0.0563. The van der Waals surface area contributed by atoms with E-state index in [1.165, 1.54) is 38.0 Å². The van der Waals surface area contributed by atoms with Crippen LogP contribution in [0.3, 0.4) is 0 Å². The molecule has 0 fully saturated rings. The second-order valence-electron chi connectivity index (χ2n) is 4.15. The van der Waals surface area contributed by atoms with Crippen molar-refractivity contribution in [1.29, 1.82) is 0 Å². The van der Waals surface area contributed by atoms with Crippen LogP contribution in [0.4, 0.5) is 0 Å². The number of methoxy groups -OCH3 is 1. The maximum atomic E-state index is 11.9. The van der Waals surface area contributed by atoms with Crippen LogP contribution >= 0.6 is 0 Å². The second kappa shape index (κ2) is 6.70. The molecule has 1 atom stereocenters. The molecule has 0 saturated heterocycles. The van der Waals surface area contributed by atoms with Crippen molar-refractivity contribution in [2.24, 2.45) is 7.05 Å². The molecule has 0 bridgehead atoms. The highest BCUT2D eigenvalue weighted by Gasteiger charge is 2.21. The Bertz CT molecular complexity index is 636. The molecule has 1 aromatic rings. The van der Waals surface area contributed by atoms with E-state index in [2.05, 4.69) is 14.8 Å². The van der Waals surface area contributed by atoms with Gasteiger partial charge in [0.05, 0.1) is 6.54 Å². The first-order chi connectivity index (χ1) is 9.72. The molecule has 21 heavy (non-hydrogen) atoms. The van der Waals surface area contributed by atoms with Gasteiger partial charge in [-0.25, -0.2) is 17.9 Å². The van der Waals surface area contributed by atoms with Gasteiger partial charge in [0.25, 0.3) is 5.91 Å². The van der Waals surface area contributed by atoms with Gasteiger partial charge in [-0.15, -0.1) is 0 Å². The van der Waals surface area contributed by atoms with Crippen LogP contribution in [0.25, 0.3) is 0 Å². The number of aromatic nitrogens is 1. The fourth-order valence-electron chi connectivity index (χ4n) is 1.57. The molecule has 118 valence electrons. The molecule has 0 aliphatic heterocycles. The van der Waals surface area contributed by atoms with E-state index in [1.807, 2.05) is 0 Å². The van der Waals surface area contributed by atoms with Crippen LogP contribution in [0.2, 0.25) is 0 Å². The first kappa shape index (κ1) is 17.1. The lowest BCUT2D eigenvalue weighted by atomic mass is 10.3. The standard InChI is InChI=1S/C11H17N3O6S/c1-12-21(18,19)7-4-8(14(2)6-7)10(15)13-5-9(20-3)11(16)17/h4,6,9,12H,5H2,1-3H3,(H,13,15)(H,16,17). The molecule has 0 aliphatic rings. The van der Waals surface area contributed by atoms with Crippen molar-refractivity contribution in [2.75, 3.05) is 20.7 Å². The summed E-state index contributed by atoms with van der Waals surface area (Å²) >= 11 is 0. The van der Waals surface area contributed by atoms with Crippen LogP contribution in [0.5, 0.6) is 0 Å². The number of nitrogens with zero attached hydrogens (tertiary/aromatic N) is 1. The third-order valence-electron chi connectivity index (χ3n) is 2.80. The van der Waals surface area contributed by atoms with Gasteiger partial charge in [0.15, 0.2) is 6.10 Å². The lowest BCUT2D eigenvalue weighted by Crippen LogP contribution is -2.38. The number of carboxylic acids is 1. The number of amides is 1. The van der Waals surface area contributed by atoms with Gasteiger partial charge < -0.3 is 19.7 Å². The highest BCUT2D eigenvalue weighted by Crippen LogP contribution is 2.12. The van der Waals surface area contributed by atoms with Gasteiger partial charge in [-0.05, 0) is 13.1 Å². The summed E-state index contributed by atoms with van der Waals surface area (Å²) in [4.78, 5) is 22.6. The van der Waals surface area contributed by atoms with Gasteiger partial charge in [-0.3, -0.25) is 4.79 Å². The molecular weight excluding hydrogens is 302 g/mol. The fourth-order valence-corrected chi connectivity index (χ4v) is 2.37. The monoisotopic (exact) mass is 319 g/mol. The summed E-state index contributed by atoms with van der Waals surface area (Å²) in [6.45, 7) is -0.232. The van der Waals surface area contributed by atoms with Gasteiger partial charge in [0.2, 0.25) is 10.0 Å². The number of aliphatic carboxylic acids is 1. The molecule has 10 heteroatoms. The molecule has 1 rings (SSSR count). The molecule has 1 heterocycles. The number of carboxylic acid groups (broad SMARTS) is 1. The maximum absolute atomic E-state index is 11.9. The van der Waals surface area contributed by atoms with Gasteiger partial charge in [0.1, 0.15) is 10.6 Å². The molecule has 0 spiro atoms. The third-order valence-corrected chi connectivity index (χ3v) is 4.18. The Hall–Kier alpha value is -1.91. The average Bonchev–Trinajstić information content (AvgIpc) is 2.81. The van der Waals surface area contributed by atoms with Crippen molar-refractivity contribution in [3.8, 4) is 0 Å². The Balaban J connectivity index is 2.87. The fraction of sp³-hybridized carbons (Fsp3) is 0.455. The van der Waals surface area contributed by atoms with E-state index in [4.69, 9.17) is 5.11 Å². The Labute approximate surface area is 121 Å². The quantitative estimate of drug-likeness (QED) is 0.577. The Kier molecular flexibility index (Phi) is 5.47. The van der Waals surface area contributed by atoms with Gasteiger partial charge in [-0.1, -0.05) is 0 Å². The summed E-state index contributed by atoms with van der Waals surface area (Å²) in [5.41, 5.74) is 0.0871. The van der Waals surface area contributed by atoms with Crippen LogP contribution in [0.1, 0.15) is 10.5 Å². The Morgan fingerprint density at radius 1 is 1.48 bits per heavy atom. The van der Waals surface area contributed by atoms with Crippen molar-refractivity contribution in [3.05, 3.63) is 18.0 Å². The maximum Gasteiger partial charge on any atom is 0.334 e. The number of ether oxygens (including phenoxy) is 1. The summed E-state index contributed by atoms with van der Waals surface area (Å²) in [5, 5.41) is 11.2. The number of rotatable bonds is 7. The van der Waals surface area contributed by atoms with Crippen molar-refractivity contribution in [2.45, 2.75) is 11.0 Å². The predicted octanol–water partition coefficient (Wildman–Crippen LogP) is -1.24. The number of carbonyl (C=O) groups is 2. The predicted molar refractivity (Wildman–Crippen MR) is 72.4 cm³/mol. The van der Waals surface area contributed by atoms with Crippen LogP contribution in [-0.2, 0) is 26.6 Å². The molecule has 0 saturated carbocycles. The van der Waals surface area contributed by atoms with Crippen molar-refractivity contribution in [1.82, 2.24) is 14.6 Å². The van der Waals surface area contributed by atoms with Crippen LogP contribution in [0.15, 0.2) is 17.2 Å². The summed E-state index contributed by atoms with van der Waals surface area (Å²) in [5.74, 6) is -1.80. The summed E-state index contributed by atoms with van der Waals surface area (Å²) in [6.07, 6.45) is 0.112. The average molecular weight is 319 g/mol. The first-order valence-electron chi connectivity index (χ1n) is 5.86. The lowest BCUT2D eigenvalue weighted by molar-refractivity contribution is -0.148. The molecule has 0 aromatic carbocycles. The van der Waals surface area contributed by atoms with E-state index in [1.54, 1.807) is 0 Å². The minimum Gasteiger partial charge on any atom is -0.479 e. The highest BCUT2D eigenvalue weighted by atomic mass is 32.2. The van der Waals surface area contributed by atoms with E-state index < -0.39 is 28.0 Å². The zero-order chi connectivity index (χ0) is 16.2. The SMILES string of the molecule is CNS(=O)(=O)c1cc(C(=O)NCC(OC)C(=O)O)n(C)c1. The Morgan fingerprint density at radius 2 is 2.10 bits per heavy atom. The van der Waals surface area contributed by atoms with E-state index in [0.717, 1.165) is 0 Å². The second-order valence-corrected chi connectivity index (χ2v) is 6.04. The number of carbonyl (C=O) groups excluding carboxylic acids is 1. The first-order valence-corrected chi connectivity index (χ1v) is 7.35. The van der Waals surface area contributed by atoms with Crippen molar-refractivity contribution < 1.29 is 27.9 Å². The highest BCUT2D eigenvalue weighted by molar-refractivity contribution is 7.89. The molecular formula is C11H17N3O6S. The summed E-state index contributed by atoms with van der Waals surface area (Å²) < 4.78 is 31.4. The molecule has 9 nitrogen and oxygen atoms in total. The lowest BCUT2D eigenvalue weighted by Gasteiger charge is -2.11. The number of hydrogen-bond donors (Lipinski definition) is 3. The topological polar surface area (TPSA) is 127 Å².